The molecule has 1 N–H and O–H groups in total. The number of methoxy groups -OCH3 is 1. The number of ether oxygens (including phenoxy) is 2. The second-order valence-electron chi connectivity index (χ2n) is 5.78. The SMILES string of the molecule is CCOc1ccc(N2C(=O)/C(=C/c3ccc(OC)c(I)c3)C(=O)NC2=S)cc1. The molecule has 3 rings (SSSR count). The van der Waals surface area contributed by atoms with E-state index in [2.05, 4.69) is 27.9 Å². The zero-order valence-corrected chi connectivity index (χ0v) is 18.2. The van der Waals surface area contributed by atoms with Crippen LogP contribution in [0.3, 0.4) is 0 Å². The van der Waals surface area contributed by atoms with Gasteiger partial charge in [0.05, 0.1) is 23.0 Å². The quantitative estimate of drug-likeness (QED) is 0.290. The van der Waals surface area contributed by atoms with Crippen LogP contribution in [-0.2, 0) is 9.59 Å². The van der Waals surface area contributed by atoms with Crippen molar-refractivity contribution in [1.29, 1.82) is 0 Å². The smallest absolute Gasteiger partial charge is 0.270 e. The molecule has 1 fully saturated rings. The lowest BCUT2D eigenvalue weighted by Gasteiger charge is -2.29. The highest BCUT2D eigenvalue weighted by atomic mass is 127. The Morgan fingerprint density at radius 1 is 1.18 bits per heavy atom. The van der Waals surface area contributed by atoms with E-state index in [-0.39, 0.29) is 10.7 Å². The Hall–Kier alpha value is -2.46. The van der Waals surface area contributed by atoms with Crippen LogP contribution in [0.2, 0.25) is 0 Å². The first-order valence-corrected chi connectivity index (χ1v) is 9.91. The Morgan fingerprint density at radius 2 is 1.89 bits per heavy atom. The van der Waals surface area contributed by atoms with Gasteiger partial charge in [0.15, 0.2) is 5.11 Å². The van der Waals surface area contributed by atoms with Crippen LogP contribution in [0, 0.1) is 3.57 Å². The zero-order chi connectivity index (χ0) is 20.3. The van der Waals surface area contributed by atoms with Gasteiger partial charge < -0.3 is 9.47 Å². The van der Waals surface area contributed by atoms with Crippen LogP contribution in [0.5, 0.6) is 11.5 Å². The number of nitrogens with zero attached hydrogens (tertiary/aromatic N) is 1. The first-order chi connectivity index (χ1) is 13.4. The van der Waals surface area contributed by atoms with Crippen molar-refractivity contribution in [3.05, 3.63) is 57.2 Å². The van der Waals surface area contributed by atoms with Crippen LogP contribution in [0.15, 0.2) is 48.0 Å². The molecule has 1 heterocycles. The second kappa shape index (κ2) is 8.70. The van der Waals surface area contributed by atoms with E-state index in [4.69, 9.17) is 21.7 Å². The average Bonchev–Trinajstić information content (AvgIpc) is 2.67. The summed E-state index contributed by atoms with van der Waals surface area (Å²) < 4.78 is 11.5. The van der Waals surface area contributed by atoms with E-state index in [1.54, 1.807) is 49.6 Å². The number of hydrogen-bond acceptors (Lipinski definition) is 5. The van der Waals surface area contributed by atoms with Gasteiger partial charge in [-0.25, -0.2) is 0 Å². The fourth-order valence-electron chi connectivity index (χ4n) is 2.69. The number of halogens is 1. The molecule has 0 bridgehead atoms. The minimum Gasteiger partial charge on any atom is -0.496 e. The number of amides is 2. The minimum atomic E-state index is -0.525. The molecular weight excluding hydrogens is 491 g/mol. The Bertz CT molecular complexity index is 973. The lowest BCUT2D eigenvalue weighted by molar-refractivity contribution is -0.122. The van der Waals surface area contributed by atoms with Gasteiger partial charge >= 0.3 is 0 Å². The van der Waals surface area contributed by atoms with E-state index in [0.717, 1.165) is 9.32 Å². The lowest BCUT2D eigenvalue weighted by Crippen LogP contribution is -2.54. The Kier molecular flexibility index (Phi) is 6.30. The molecule has 0 radical (unpaired) electrons. The van der Waals surface area contributed by atoms with E-state index >= 15 is 0 Å². The zero-order valence-electron chi connectivity index (χ0n) is 15.2. The molecule has 0 spiro atoms. The normalized spacial score (nSPS) is 15.6. The third kappa shape index (κ3) is 4.17. The molecule has 2 amide bonds. The molecule has 144 valence electrons. The number of hydrogen-bond donors (Lipinski definition) is 1. The van der Waals surface area contributed by atoms with Crippen molar-refractivity contribution < 1.29 is 19.1 Å². The molecule has 2 aromatic carbocycles. The van der Waals surface area contributed by atoms with Gasteiger partial charge in [-0.1, -0.05) is 6.07 Å². The highest BCUT2D eigenvalue weighted by molar-refractivity contribution is 14.1. The second-order valence-corrected chi connectivity index (χ2v) is 7.33. The molecular formula is C20H17IN2O4S. The van der Waals surface area contributed by atoms with Crippen LogP contribution >= 0.6 is 34.8 Å². The number of benzene rings is 2. The summed E-state index contributed by atoms with van der Waals surface area (Å²) in [5.74, 6) is 0.403. The molecule has 1 saturated heterocycles. The molecule has 0 unspecified atom stereocenters. The molecule has 28 heavy (non-hydrogen) atoms. The number of carbonyl (C=O) groups excluding carboxylic acids is 2. The highest BCUT2D eigenvalue weighted by Gasteiger charge is 2.34. The summed E-state index contributed by atoms with van der Waals surface area (Å²) in [6, 6.07) is 12.3. The molecule has 8 heteroatoms. The van der Waals surface area contributed by atoms with E-state index in [0.29, 0.717) is 23.6 Å². The van der Waals surface area contributed by atoms with Crippen molar-refractivity contribution in [3.8, 4) is 11.5 Å². The van der Waals surface area contributed by atoms with Crippen LogP contribution in [-0.4, -0.2) is 30.6 Å². The van der Waals surface area contributed by atoms with Gasteiger partial charge in [0.1, 0.15) is 17.1 Å². The van der Waals surface area contributed by atoms with Gasteiger partial charge in [-0.05, 0) is 89.8 Å². The third-order valence-corrected chi connectivity index (χ3v) is 5.12. The molecule has 1 aliphatic rings. The van der Waals surface area contributed by atoms with Crippen molar-refractivity contribution in [2.75, 3.05) is 18.6 Å². The van der Waals surface area contributed by atoms with Gasteiger partial charge in [0.2, 0.25) is 0 Å². The van der Waals surface area contributed by atoms with Crippen LogP contribution in [0.1, 0.15) is 12.5 Å². The molecule has 0 aromatic heterocycles. The highest BCUT2D eigenvalue weighted by Crippen LogP contribution is 2.26. The first kappa shape index (κ1) is 20.3. The number of nitrogens with one attached hydrogen (secondary N) is 1. The molecule has 0 saturated carbocycles. The van der Waals surface area contributed by atoms with Crippen LogP contribution in [0.4, 0.5) is 5.69 Å². The van der Waals surface area contributed by atoms with Crippen molar-refractivity contribution in [3.63, 3.8) is 0 Å². The van der Waals surface area contributed by atoms with Crippen LogP contribution < -0.4 is 19.7 Å². The fraction of sp³-hybridized carbons (Fsp3) is 0.150. The molecule has 1 aliphatic heterocycles. The van der Waals surface area contributed by atoms with E-state index in [1.165, 1.54) is 4.90 Å². The average molecular weight is 508 g/mol. The van der Waals surface area contributed by atoms with E-state index in [1.807, 2.05) is 13.0 Å². The first-order valence-electron chi connectivity index (χ1n) is 8.42. The third-order valence-electron chi connectivity index (χ3n) is 3.99. The van der Waals surface area contributed by atoms with Gasteiger partial charge in [0.25, 0.3) is 11.8 Å². The lowest BCUT2D eigenvalue weighted by atomic mass is 10.1. The summed E-state index contributed by atoms with van der Waals surface area (Å²) in [6.07, 6.45) is 1.54. The fourth-order valence-corrected chi connectivity index (χ4v) is 3.73. The number of carbonyl (C=O) groups is 2. The van der Waals surface area contributed by atoms with Crippen molar-refractivity contribution in [2.45, 2.75) is 6.92 Å². The predicted molar refractivity (Wildman–Crippen MR) is 120 cm³/mol. The molecule has 6 nitrogen and oxygen atoms in total. The largest absolute Gasteiger partial charge is 0.496 e. The predicted octanol–water partition coefficient (Wildman–Crippen LogP) is 3.53. The van der Waals surface area contributed by atoms with Gasteiger partial charge in [-0.2, -0.15) is 0 Å². The van der Waals surface area contributed by atoms with Crippen molar-refractivity contribution >= 4 is 63.5 Å². The molecule has 0 aliphatic carbocycles. The summed E-state index contributed by atoms with van der Waals surface area (Å²) in [5.41, 5.74) is 1.26. The number of thiocarbonyl (C=S) groups is 1. The Labute approximate surface area is 181 Å². The van der Waals surface area contributed by atoms with Gasteiger partial charge in [-0.15, -0.1) is 0 Å². The van der Waals surface area contributed by atoms with E-state index in [9.17, 15) is 9.59 Å². The Balaban J connectivity index is 1.94. The monoisotopic (exact) mass is 508 g/mol. The molecule has 0 atom stereocenters. The summed E-state index contributed by atoms with van der Waals surface area (Å²) >= 11 is 7.35. The summed E-state index contributed by atoms with van der Waals surface area (Å²) in [7, 11) is 1.59. The summed E-state index contributed by atoms with van der Waals surface area (Å²) in [5, 5.41) is 2.62. The maximum absolute atomic E-state index is 13.0. The van der Waals surface area contributed by atoms with Crippen molar-refractivity contribution in [2.24, 2.45) is 0 Å². The number of anilines is 1. The maximum atomic E-state index is 13.0. The number of rotatable bonds is 5. The minimum absolute atomic E-state index is 0.00320. The summed E-state index contributed by atoms with van der Waals surface area (Å²) in [6.45, 7) is 2.44. The standard InChI is InChI=1S/C20H17IN2O4S/c1-3-27-14-7-5-13(6-8-14)23-19(25)15(18(24)22-20(23)28)10-12-4-9-17(26-2)16(21)11-12/h4-11H,3H2,1-2H3,(H,22,24,28)/b15-10+. The van der Waals surface area contributed by atoms with Crippen LogP contribution in [0.25, 0.3) is 6.08 Å². The van der Waals surface area contributed by atoms with Crippen molar-refractivity contribution in [1.82, 2.24) is 5.32 Å². The maximum Gasteiger partial charge on any atom is 0.270 e. The van der Waals surface area contributed by atoms with Gasteiger partial charge in [0, 0.05) is 0 Å². The molecule has 2 aromatic rings. The summed E-state index contributed by atoms with van der Waals surface area (Å²) in [4.78, 5) is 26.7. The van der Waals surface area contributed by atoms with E-state index < -0.39 is 11.8 Å². The topological polar surface area (TPSA) is 67.9 Å². The Morgan fingerprint density at radius 3 is 2.50 bits per heavy atom. The van der Waals surface area contributed by atoms with Gasteiger partial charge in [-0.3, -0.25) is 19.8 Å².